The van der Waals surface area contributed by atoms with Gasteiger partial charge in [-0.05, 0) is 24.8 Å². The predicted molar refractivity (Wildman–Crippen MR) is 52.1 cm³/mol. The standard InChI is InChI=1S/C10H12ClNO/c11-9-4-5-12-10(6-9)13-7-8-2-1-3-8/h4-6,8H,1-3,7H2. The fourth-order valence-electron chi connectivity index (χ4n) is 1.33. The third-order valence-corrected chi connectivity index (χ3v) is 2.62. The molecule has 0 spiro atoms. The Balaban J connectivity index is 1.86. The first-order valence-corrected chi connectivity index (χ1v) is 4.97. The molecule has 13 heavy (non-hydrogen) atoms. The largest absolute Gasteiger partial charge is 0.477 e. The maximum absolute atomic E-state index is 5.79. The van der Waals surface area contributed by atoms with Crippen molar-refractivity contribution in [2.24, 2.45) is 5.92 Å². The lowest BCUT2D eigenvalue weighted by molar-refractivity contribution is 0.175. The van der Waals surface area contributed by atoms with Crippen molar-refractivity contribution in [1.82, 2.24) is 4.98 Å². The lowest BCUT2D eigenvalue weighted by Crippen LogP contribution is -2.19. The van der Waals surface area contributed by atoms with Crippen LogP contribution in [0.5, 0.6) is 5.88 Å². The summed E-state index contributed by atoms with van der Waals surface area (Å²) in [4.78, 5) is 4.06. The van der Waals surface area contributed by atoms with Crippen LogP contribution in [0.4, 0.5) is 0 Å². The summed E-state index contributed by atoms with van der Waals surface area (Å²) in [6.07, 6.45) is 5.59. The van der Waals surface area contributed by atoms with Crippen LogP contribution in [0.2, 0.25) is 5.02 Å². The van der Waals surface area contributed by atoms with E-state index in [-0.39, 0.29) is 0 Å². The molecule has 0 amide bonds. The molecule has 0 bridgehead atoms. The molecule has 2 nitrogen and oxygen atoms in total. The lowest BCUT2D eigenvalue weighted by atomic mass is 9.86. The quantitative estimate of drug-likeness (QED) is 0.744. The van der Waals surface area contributed by atoms with Crippen molar-refractivity contribution in [3.05, 3.63) is 23.4 Å². The van der Waals surface area contributed by atoms with Gasteiger partial charge in [-0.1, -0.05) is 18.0 Å². The first kappa shape index (κ1) is 8.82. The highest BCUT2D eigenvalue weighted by atomic mass is 35.5. The molecule has 0 aliphatic heterocycles. The Morgan fingerprint density at radius 2 is 2.38 bits per heavy atom. The second-order valence-corrected chi connectivity index (χ2v) is 3.86. The Bertz CT molecular complexity index is 286. The van der Waals surface area contributed by atoms with Gasteiger partial charge in [0, 0.05) is 17.3 Å². The number of ether oxygens (including phenoxy) is 1. The topological polar surface area (TPSA) is 22.1 Å². The van der Waals surface area contributed by atoms with E-state index in [1.165, 1.54) is 19.3 Å². The molecule has 1 aliphatic carbocycles. The van der Waals surface area contributed by atoms with Crippen molar-refractivity contribution in [3.63, 3.8) is 0 Å². The minimum absolute atomic E-state index is 0.638. The van der Waals surface area contributed by atoms with Crippen molar-refractivity contribution >= 4 is 11.6 Å². The van der Waals surface area contributed by atoms with E-state index in [0.29, 0.717) is 10.9 Å². The molecule has 70 valence electrons. The minimum Gasteiger partial charge on any atom is -0.477 e. The third-order valence-electron chi connectivity index (χ3n) is 2.39. The van der Waals surface area contributed by atoms with Crippen molar-refractivity contribution in [3.8, 4) is 5.88 Å². The Kier molecular flexibility index (Phi) is 2.69. The average Bonchev–Trinajstić information content (AvgIpc) is 2.01. The first-order chi connectivity index (χ1) is 6.34. The Morgan fingerprint density at radius 1 is 1.54 bits per heavy atom. The van der Waals surface area contributed by atoms with E-state index in [2.05, 4.69) is 4.98 Å². The van der Waals surface area contributed by atoms with Gasteiger partial charge < -0.3 is 4.74 Å². The summed E-state index contributed by atoms with van der Waals surface area (Å²) in [6.45, 7) is 0.785. The van der Waals surface area contributed by atoms with Gasteiger partial charge in [-0.15, -0.1) is 0 Å². The fourth-order valence-corrected chi connectivity index (χ4v) is 1.48. The summed E-state index contributed by atoms with van der Waals surface area (Å²) in [5.74, 6) is 1.38. The zero-order valence-electron chi connectivity index (χ0n) is 7.37. The van der Waals surface area contributed by atoms with Gasteiger partial charge in [0.05, 0.1) is 6.61 Å². The highest BCUT2D eigenvalue weighted by Gasteiger charge is 2.17. The van der Waals surface area contributed by atoms with Crippen LogP contribution in [0.1, 0.15) is 19.3 Å². The summed E-state index contributed by atoms with van der Waals surface area (Å²) in [6, 6.07) is 3.50. The van der Waals surface area contributed by atoms with Crippen molar-refractivity contribution in [2.45, 2.75) is 19.3 Å². The van der Waals surface area contributed by atoms with Gasteiger partial charge in [0.15, 0.2) is 0 Å². The summed E-state index contributed by atoms with van der Waals surface area (Å²) >= 11 is 5.79. The van der Waals surface area contributed by atoms with E-state index in [1.807, 2.05) is 0 Å². The van der Waals surface area contributed by atoms with E-state index >= 15 is 0 Å². The van der Waals surface area contributed by atoms with Gasteiger partial charge in [0.2, 0.25) is 5.88 Å². The van der Waals surface area contributed by atoms with Gasteiger partial charge in [-0.2, -0.15) is 0 Å². The van der Waals surface area contributed by atoms with Crippen molar-refractivity contribution in [1.29, 1.82) is 0 Å². The van der Waals surface area contributed by atoms with E-state index in [0.717, 1.165) is 12.5 Å². The molecule has 1 saturated carbocycles. The summed E-state index contributed by atoms with van der Waals surface area (Å²) < 4.78 is 5.50. The molecule has 0 unspecified atom stereocenters. The van der Waals surface area contributed by atoms with Crippen LogP contribution in [0.25, 0.3) is 0 Å². The molecule has 0 atom stereocenters. The number of hydrogen-bond acceptors (Lipinski definition) is 2. The maximum Gasteiger partial charge on any atom is 0.214 e. The maximum atomic E-state index is 5.79. The molecule has 3 heteroatoms. The van der Waals surface area contributed by atoms with E-state index < -0.39 is 0 Å². The molecule has 0 aromatic carbocycles. The van der Waals surface area contributed by atoms with Crippen LogP contribution in [-0.2, 0) is 0 Å². The molecule has 1 heterocycles. The number of rotatable bonds is 3. The Labute approximate surface area is 82.9 Å². The zero-order chi connectivity index (χ0) is 9.10. The highest BCUT2D eigenvalue weighted by molar-refractivity contribution is 6.30. The van der Waals surface area contributed by atoms with Crippen LogP contribution in [0.15, 0.2) is 18.3 Å². The fraction of sp³-hybridized carbons (Fsp3) is 0.500. The molecule has 0 N–H and O–H groups in total. The van der Waals surface area contributed by atoms with E-state index in [4.69, 9.17) is 16.3 Å². The van der Waals surface area contributed by atoms with Crippen molar-refractivity contribution in [2.75, 3.05) is 6.61 Å². The van der Waals surface area contributed by atoms with Crippen LogP contribution in [-0.4, -0.2) is 11.6 Å². The van der Waals surface area contributed by atoms with Crippen LogP contribution >= 0.6 is 11.6 Å². The third kappa shape index (κ3) is 2.34. The molecule has 1 aromatic rings. The molecule has 2 rings (SSSR count). The smallest absolute Gasteiger partial charge is 0.214 e. The second-order valence-electron chi connectivity index (χ2n) is 3.42. The van der Waals surface area contributed by atoms with Crippen LogP contribution in [0, 0.1) is 5.92 Å². The summed E-state index contributed by atoms with van der Waals surface area (Å²) in [5.41, 5.74) is 0. The Morgan fingerprint density at radius 3 is 3.00 bits per heavy atom. The monoisotopic (exact) mass is 197 g/mol. The number of halogens is 1. The average molecular weight is 198 g/mol. The Hall–Kier alpha value is -0.760. The number of hydrogen-bond donors (Lipinski definition) is 0. The van der Waals surface area contributed by atoms with Gasteiger partial charge >= 0.3 is 0 Å². The number of aromatic nitrogens is 1. The predicted octanol–water partition coefficient (Wildman–Crippen LogP) is 2.91. The molecule has 0 saturated heterocycles. The van der Waals surface area contributed by atoms with E-state index in [9.17, 15) is 0 Å². The van der Waals surface area contributed by atoms with Gasteiger partial charge in [0.25, 0.3) is 0 Å². The molecule has 1 fully saturated rings. The number of nitrogens with zero attached hydrogens (tertiary/aromatic N) is 1. The molecular weight excluding hydrogens is 186 g/mol. The highest BCUT2D eigenvalue weighted by Crippen LogP contribution is 2.26. The molecule has 1 aromatic heterocycles. The molecule has 1 aliphatic rings. The van der Waals surface area contributed by atoms with Crippen LogP contribution < -0.4 is 4.74 Å². The van der Waals surface area contributed by atoms with E-state index in [1.54, 1.807) is 18.3 Å². The van der Waals surface area contributed by atoms with Gasteiger partial charge in [-0.25, -0.2) is 4.98 Å². The molecule has 0 radical (unpaired) electrons. The zero-order valence-corrected chi connectivity index (χ0v) is 8.13. The van der Waals surface area contributed by atoms with Gasteiger partial charge in [0.1, 0.15) is 0 Å². The second kappa shape index (κ2) is 3.97. The summed E-state index contributed by atoms with van der Waals surface area (Å²) in [7, 11) is 0. The SMILES string of the molecule is Clc1ccnc(OCC2CCC2)c1. The molecular formula is C10H12ClNO. The lowest BCUT2D eigenvalue weighted by Gasteiger charge is -2.24. The normalized spacial score (nSPS) is 16.7. The number of pyridine rings is 1. The summed E-state index contributed by atoms with van der Waals surface area (Å²) in [5, 5.41) is 0.679. The van der Waals surface area contributed by atoms with Crippen LogP contribution in [0.3, 0.4) is 0 Å². The van der Waals surface area contributed by atoms with Gasteiger partial charge in [-0.3, -0.25) is 0 Å². The first-order valence-electron chi connectivity index (χ1n) is 4.59. The minimum atomic E-state index is 0.638. The van der Waals surface area contributed by atoms with Crippen molar-refractivity contribution < 1.29 is 4.74 Å².